The lowest BCUT2D eigenvalue weighted by molar-refractivity contribution is -0.410. The van der Waals surface area contributed by atoms with Crippen LogP contribution in [0.3, 0.4) is 0 Å². The number of hydrogen-bond acceptors (Lipinski definition) is 5. The van der Waals surface area contributed by atoms with E-state index in [9.17, 15) is 14.9 Å². The van der Waals surface area contributed by atoms with Crippen molar-refractivity contribution < 1.29 is 9.72 Å². The van der Waals surface area contributed by atoms with Gasteiger partial charge in [0.25, 0.3) is 5.03 Å². The van der Waals surface area contributed by atoms with E-state index in [1.807, 2.05) is 28.3 Å². The molecule has 1 amide bonds. The van der Waals surface area contributed by atoms with Crippen molar-refractivity contribution >= 4 is 33.9 Å². The summed E-state index contributed by atoms with van der Waals surface area (Å²) in [6.45, 7) is 0.520. The van der Waals surface area contributed by atoms with Gasteiger partial charge < -0.3 is 9.88 Å². The predicted molar refractivity (Wildman–Crippen MR) is 104 cm³/mol. The number of carbonyl (C=O) groups excluding carboxylic acids is 1. The fourth-order valence-electron chi connectivity index (χ4n) is 3.09. The van der Waals surface area contributed by atoms with Crippen LogP contribution in [0, 0.1) is 10.1 Å². The number of anilines is 1. The van der Waals surface area contributed by atoms with Crippen LogP contribution >= 0.6 is 10.9 Å². The van der Waals surface area contributed by atoms with Gasteiger partial charge in [-0.1, -0.05) is 0 Å². The highest BCUT2D eigenvalue weighted by atomic mass is 32.2. The Hall–Kier alpha value is -3.46. The van der Waals surface area contributed by atoms with Crippen molar-refractivity contribution in [3.05, 3.63) is 81.4 Å². The van der Waals surface area contributed by atoms with E-state index >= 15 is 0 Å². The summed E-state index contributed by atoms with van der Waals surface area (Å²) < 4.78 is 2.01. The molecule has 27 heavy (non-hydrogen) atoms. The highest BCUT2D eigenvalue weighted by Gasteiger charge is 2.26. The number of benzene rings is 1. The molecule has 4 rings (SSSR count). The monoisotopic (exact) mass is 381 g/mol. The van der Waals surface area contributed by atoms with Crippen LogP contribution in [-0.2, 0) is 11.3 Å². The molecule has 3 heterocycles. The fraction of sp³-hybridized carbons (Fsp3) is 0.0556. The van der Waals surface area contributed by atoms with E-state index in [0.717, 1.165) is 21.4 Å². The van der Waals surface area contributed by atoms with Crippen molar-refractivity contribution in [2.45, 2.75) is 11.4 Å². The third-order valence-electron chi connectivity index (χ3n) is 4.23. The molecule has 0 fully saturated rings. The molecule has 0 bridgehead atoms. The minimum absolute atomic E-state index is 0.210. The van der Waals surface area contributed by atoms with Crippen molar-refractivity contribution in [3.63, 3.8) is 0 Å². The Morgan fingerprint density at radius 3 is 2.85 bits per heavy atom. The van der Waals surface area contributed by atoms with Gasteiger partial charge in [-0.3, -0.25) is 14.9 Å². The molecule has 136 valence electrons. The van der Waals surface area contributed by atoms with Gasteiger partial charge >= 0.3 is 0 Å². The summed E-state index contributed by atoms with van der Waals surface area (Å²) in [5, 5.41) is 17.1. The first-order valence-electron chi connectivity index (χ1n) is 8.06. The summed E-state index contributed by atoms with van der Waals surface area (Å²) in [5.74, 6) is 0. The first-order valence-corrected chi connectivity index (χ1v) is 9.47. The summed E-state index contributed by atoms with van der Waals surface area (Å²) in [4.78, 5) is 30.9. The summed E-state index contributed by atoms with van der Waals surface area (Å²) in [5.41, 5.74) is 2.45. The number of amides is 1. The van der Waals surface area contributed by atoms with Gasteiger partial charge in [0.1, 0.15) is 6.33 Å². The molecule has 2 aromatic heterocycles. The van der Waals surface area contributed by atoms with E-state index in [1.165, 1.54) is 6.33 Å². The Kier molecular flexibility index (Phi) is 4.43. The van der Waals surface area contributed by atoms with Crippen molar-refractivity contribution in [1.29, 1.82) is 0 Å². The summed E-state index contributed by atoms with van der Waals surface area (Å²) in [6, 6.07) is 5.54. The van der Waals surface area contributed by atoms with Gasteiger partial charge in [-0.2, -0.15) is 0 Å². The number of aromatic nitrogens is 3. The van der Waals surface area contributed by atoms with Crippen LogP contribution in [0.2, 0.25) is 0 Å². The molecule has 1 aromatic carbocycles. The minimum atomic E-state index is -1.17. The van der Waals surface area contributed by atoms with E-state index in [0.29, 0.717) is 18.6 Å². The van der Waals surface area contributed by atoms with Gasteiger partial charge in [0.2, 0.25) is 6.41 Å². The van der Waals surface area contributed by atoms with E-state index in [-0.39, 0.29) is 9.95 Å². The number of allylic oxidation sites excluding steroid dienone is 2. The fourth-order valence-corrected chi connectivity index (χ4v) is 5.04. The Morgan fingerprint density at radius 1 is 1.30 bits per heavy atom. The van der Waals surface area contributed by atoms with Crippen LogP contribution < -0.4 is 5.32 Å². The maximum absolute atomic E-state index is 11.4. The third kappa shape index (κ3) is 3.20. The minimum Gasteiger partial charge on any atom is -0.342 e. The van der Waals surface area contributed by atoms with Crippen molar-refractivity contribution in [2.75, 3.05) is 5.32 Å². The van der Waals surface area contributed by atoms with Gasteiger partial charge in [-0.25, -0.2) is 9.97 Å². The zero-order valence-electron chi connectivity index (χ0n) is 14.0. The molecular formula is C18H15N5O3S. The number of hydrogen-bond donors (Lipinski definition) is 2. The highest BCUT2D eigenvalue weighted by Crippen LogP contribution is 2.51. The number of nitrogens with one attached hydrogen (secondary N) is 1. The number of nitrogens with zero attached hydrogens (tertiary/aromatic N) is 4. The molecular weight excluding hydrogens is 366 g/mol. The van der Waals surface area contributed by atoms with Gasteiger partial charge in [0, 0.05) is 46.2 Å². The van der Waals surface area contributed by atoms with Crippen molar-refractivity contribution in [3.8, 4) is 0 Å². The number of fused-ring (bicyclic) bond motifs is 1. The Bertz CT molecular complexity index is 1090. The predicted octanol–water partition coefficient (Wildman–Crippen LogP) is 3.05. The summed E-state index contributed by atoms with van der Waals surface area (Å²) in [7, 11) is -1.17. The topological polar surface area (TPSA) is 103 Å². The molecule has 1 aliphatic heterocycles. The standard InChI is InChI=1S/C18H15N5O3S/c24-12-21-14-3-4-15-16(6-14)22(9-13-7-19-11-20-8-13)10-17(15)27-5-1-2-18(27)23(25)26/h1-8,10-12,27H,9H2,(H,21,24). The molecule has 1 unspecified atom stereocenters. The van der Waals surface area contributed by atoms with E-state index in [4.69, 9.17) is 0 Å². The quantitative estimate of drug-likeness (QED) is 0.296. The van der Waals surface area contributed by atoms with Crippen LogP contribution in [0.5, 0.6) is 0 Å². The van der Waals surface area contributed by atoms with E-state index < -0.39 is 10.9 Å². The maximum atomic E-state index is 11.4. The largest absolute Gasteiger partial charge is 0.342 e. The Balaban J connectivity index is 1.85. The number of carbonyl (C=O) groups is 1. The lowest BCUT2D eigenvalue weighted by Crippen LogP contribution is -2.00. The number of nitro groups is 1. The summed E-state index contributed by atoms with van der Waals surface area (Å²) >= 11 is 0. The van der Waals surface area contributed by atoms with Crippen LogP contribution in [0.1, 0.15) is 5.56 Å². The van der Waals surface area contributed by atoms with E-state index in [2.05, 4.69) is 15.3 Å². The molecule has 0 saturated carbocycles. The van der Waals surface area contributed by atoms with Gasteiger partial charge in [-0.15, -0.1) is 10.9 Å². The highest BCUT2D eigenvalue weighted by molar-refractivity contribution is 8.23. The normalized spacial score (nSPS) is 17.0. The van der Waals surface area contributed by atoms with Gasteiger partial charge in [-0.05, 0) is 29.7 Å². The van der Waals surface area contributed by atoms with Crippen LogP contribution in [0.15, 0.2) is 70.6 Å². The van der Waals surface area contributed by atoms with Gasteiger partial charge in [0.15, 0.2) is 0 Å². The zero-order valence-corrected chi connectivity index (χ0v) is 14.9. The number of rotatable bonds is 6. The zero-order chi connectivity index (χ0) is 18.8. The smallest absolute Gasteiger partial charge is 0.291 e. The van der Waals surface area contributed by atoms with Crippen molar-refractivity contribution in [2.24, 2.45) is 0 Å². The maximum Gasteiger partial charge on any atom is 0.291 e. The molecule has 0 radical (unpaired) electrons. The third-order valence-corrected chi connectivity index (χ3v) is 6.38. The molecule has 0 saturated heterocycles. The molecule has 1 aliphatic rings. The Morgan fingerprint density at radius 2 is 2.11 bits per heavy atom. The first kappa shape index (κ1) is 17.0. The van der Waals surface area contributed by atoms with Crippen LogP contribution in [0.25, 0.3) is 10.9 Å². The first-order chi connectivity index (χ1) is 13.2. The molecule has 1 N–H and O–H groups in total. The second-order valence-electron chi connectivity index (χ2n) is 5.88. The van der Waals surface area contributed by atoms with Gasteiger partial charge in [0.05, 0.1) is 17.0 Å². The number of thiol groups is 1. The summed E-state index contributed by atoms with van der Waals surface area (Å²) in [6.07, 6.45) is 10.8. The SMILES string of the molecule is O=CNc1ccc2c([SH]3C=CC=C3[N+](=O)[O-])cn(Cc3cncnc3)c2c1. The molecule has 0 aliphatic carbocycles. The second kappa shape index (κ2) is 7.04. The molecule has 0 spiro atoms. The molecule has 9 heteroatoms. The molecule has 1 atom stereocenters. The van der Waals surface area contributed by atoms with Crippen LogP contribution in [0.4, 0.5) is 5.69 Å². The average molecular weight is 381 g/mol. The average Bonchev–Trinajstić information content (AvgIpc) is 3.28. The van der Waals surface area contributed by atoms with E-state index in [1.54, 1.807) is 30.6 Å². The molecule has 8 nitrogen and oxygen atoms in total. The van der Waals surface area contributed by atoms with Crippen LogP contribution in [-0.4, -0.2) is 25.9 Å². The molecule has 3 aromatic rings. The Labute approximate surface area is 156 Å². The lowest BCUT2D eigenvalue weighted by Gasteiger charge is -2.10. The van der Waals surface area contributed by atoms with Crippen molar-refractivity contribution in [1.82, 2.24) is 14.5 Å². The second-order valence-corrected chi connectivity index (χ2v) is 7.85. The lowest BCUT2D eigenvalue weighted by atomic mass is 10.2.